The van der Waals surface area contributed by atoms with Crippen molar-refractivity contribution in [2.75, 3.05) is 13.2 Å². The molecule has 2 unspecified atom stereocenters. The molecule has 2 atom stereocenters. The van der Waals surface area contributed by atoms with E-state index in [2.05, 4.69) is 10.3 Å². The quantitative estimate of drug-likeness (QED) is 0.842. The molecule has 122 valence electrons. The predicted octanol–water partition coefficient (Wildman–Crippen LogP) is 2.01. The molecular formula is C15H20F2N2O3. The Morgan fingerprint density at radius 2 is 2.23 bits per heavy atom. The van der Waals surface area contributed by atoms with E-state index in [0.29, 0.717) is 0 Å². The van der Waals surface area contributed by atoms with Gasteiger partial charge in [-0.3, -0.25) is 9.78 Å². The van der Waals surface area contributed by atoms with Gasteiger partial charge in [0, 0.05) is 30.8 Å². The minimum Gasteiger partial charge on any atom is -0.488 e. The Balaban J connectivity index is 1.98. The first-order chi connectivity index (χ1) is 10.6. The molecule has 1 saturated carbocycles. The maximum Gasteiger partial charge on any atom is 0.272 e. The maximum atomic E-state index is 12.2. The molecule has 1 aliphatic rings. The summed E-state index contributed by atoms with van der Waals surface area (Å²) in [4.78, 5) is 16.1. The van der Waals surface area contributed by atoms with Crippen molar-refractivity contribution < 1.29 is 23.4 Å². The molecule has 1 fully saturated rings. The lowest BCUT2D eigenvalue weighted by molar-refractivity contribution is 0.0815. The molecular weight excluding hydrogens is 294 g/mol. The molecule has 1 heterocycles. The minimum absolute atomic E-state index is 0.0376. The summed E-state index contributed by atoms with van der Waals surface area (Å²) < 4.78 is 29.1. The van der Waals surface area contributed by atoms with Crippen LogP contribution in [0.2, 0.25) is 0 Å². The molecule has 22 heavy (non-hydrogen) atoms. The third-order valence-corrected chi connectivity index (χ3v) is 3.80. The van der Waals surface area contributed by atoms with Gasteiger partial charge in [0.05, 0.1) is 0 Å². The van der Waals surface area contributed by atoms with Gasteiger partial charge in [0.25, 0.3) is 12.3 Å². The maximum absolute atomic E-state index is 12.2. The first-order valence-electron chi connectivity index (χ1n) is 7.39. The first kappa shape index (κ1) is 16.6. The van der Waals surface area contributed by atoms with E-state index in [0.717, 1.165) is 25.7 Å². The number of halogens is 2. The van der Waals surface area contributed by atoms with Crippen LogP contribution in [0.4, 0.5) is 8.78 Å². The summed E-state index contributed by atoms with van der Waals surface area (Å²) in [6, 6.07) is 2.68. The van der Waals surface area contributed by atoms with Crippen molar-refractivity contribution in [1.82, 2.24) is 10.3 Å². The fraction of sp³-hybridized carbons (Fsp3) is 0.600. The Morgan fingerprint density at radius 1 is 1.45 bits per heavy atom. The van der Waals surface area contributed by atoms with Crippen LogP contribution in [0.15, 0.2) is 18.3 Å². The number of carbonyl (C=O) groups is 1. The van der Waals surface area contributed by atoms with Crippen molar-refractivity contribution in [1.29, 1.82) is 0 Å². The molecule has 0 aliphatic heterocycles. The molecule has 0 saturated heterocycles. The summed E-state index contributed by atoms with van der Waals surface area (Å²) in [5.74, 6) is -0.147. The number of nitrogens with one attached hydrogen (secondary N) is 1. The molecule has 0 bridgehead atoms. The van der Waals surface area contributed by atoms with Crippen molar-refractivity contribution >= 4 is 5.91 Å². The molecule has 1 aromatic rings. The van der Waals surface area contributed by atoms with Gasteiger partial charge < -0.3 is 15.2 Å². The Bertz CT molecular complexity index is 499. The van der Waals surface area contributed by atoms with Crippen molar-refractivity contribution in [3.8, 4) is 5.75 Å². The Labute approximate surface area is 127 Å². The van der Waals surface area contributed by atoms with Gasteiger partial charge in [0.2, 0.25) is 0 Å². The van der Waals surface area contributed by atoms with Crippen LogP contribution in [0.3, 0.4) is 0 Å². The van der Waals surface area contributed by atoms with Gasteiger partial charge in [-0.1, -0.05) is 12.8 Å². The Kier molecular flexibility index (Phi) is 6.06. The lowest BCUT2D eigenvalue weighted by Gasteiger charge is -2.30. The second-order valence-corrected chi connectivity index (χ2v) is 5.39. The fourth-order valence-corrected chi connectivity index (χ4v) is 2.64. The van der Waals surface area contributed by atoms with Gasteiger partial charge in [-0.15, -0.1) is 0 Å². The lowest BCUT2D eigenvalue weighted by Crippen LogP contribution is -2.43. The van der Waals surface area contributed by atoms with E-state index in [9.17, 15) is 18.7 Å². The minimum atomic E-state index is -2.57. The molecule has 2 N–H and O–H groups in total. The summed E-state index contributed by atoms with van der Waals surface area (Å²) in [7, 11) is 0. The number of rotatable bonds is 6. The van der Waals surface area contributed by atoms with Gasteiger partial charge in [-0.2, -0.15) is 0 Å². The number of amides is 1. The predicted molar refractivity (Wildman–Crippen MR) is 76.0 cm³/mol. The zero-order chi connectivity index (χ0) is 15.9. The standard InChI is InChI=1S/C15H20F2N2O3/c16-14(17)9-22-11-5-6-18-13(7-11)15(21)19-12-4-2-1-3-10(12)8-20/h5-7,10,12,14,20H,1-4,8-9H2,(H,19,21). The molecule has 1 aromatic heterocycles. The zero-order valence-electron chi connectivity index (χ0n) is 12.2. The Hall–Kier alpha value is -1.76. The van der Waals surface area contributed by atoms with E-state index in [1.807, 2.05) is 0 Å². The highest BCUT2D eigenvalue weighted by Gasteiger charge is 2.26. The summed E-state index contributed by atoms with van der Waals surface area (Å²) >= 11 is 0. The molecule has 7 heteroatoms. The van der Waals surface area contributed by atoms with E-state index in [4.69, 9.17) is 4.74 Å². The van der Waals surface area contributed by atoms with E-state index < -0.39 is 13.0 Å². The summed E-state index contributed by atoms with van der Waals surface area (Å²) in [5.41, 5.74) is 0.119. The third kappa shape index (κ3) is 4.62. The monoisotopic (exact) mass is 314 g/mol. The van der Waals surface area contributed by atoms with Crippen LogP contribution < -0.4 is 10.1 Å². The van der Waals surface area contributed by atoms with Crippen molar-refractivity contribution in [3.05, 3.63) is 24.0 Å². The van der Waals surface area contributed by atoms with Gasteiger partial charge >= 0.3 is 0 Å². The molecule has 2 rings (SSSR count). The molecule has 1 amide bonds. The van der Waals surface area contributed by atoms with Crippen LogP contribution in [-0.2, 0) is 0 Å². The normalized spacial score (nSPS) is 21.6. The number of aliphatic hydroxyl groups excluding tert-OH is 1. The van der Waals surface area contributed by atoms with Crippen LogP contribution in [0, 0.1) is 5.92 Å². The largest absolute Gasteiger partial charge is 0.488 e. The molecule has 5 nitrogen and oxygen atoms in total. The highest BCUT2D eigenvalue weighted by Crippen LogP contribution is 2.24. The number of ether oxygens (including phenoxy) is 1. The molecule has 0 spiro atoms. The van der Waals surface area contributed by atoms with Crippen LogP contribution in [0.1, 0.15) is 36.2 Å². The second-order valence-electron chi connectivity index (χ2n) is 5.39. The first-order valence-corrected chi connectivity index (χ1v) is 7.39. The molecule has 1 aliphatic carbocycles. The average molecular weight is 314 g/mol. The van der Waals surface area contributed by atoms with Crippen LogP contribution in [0.5, 0.6) is 5.75 Å². The van der Waals surface area contributed by atoms with E-state index >= 15 is 0 Å². The second kappa shape index (κ2) is 8.03. The number of alkyl halides is 2. The van der Waals surface area contributed by atoms with Gasteiger partial charge in [-0.25, -0.2) is 8.78 Å². The van der Waals surface area contributed by atoms with Crippen LogP contribution in [0.25, 0.3) is 0 Å². The number of hydrogen-bond donors (Lipinski definition) is 2. The number of aromatic nitrogens is 1. The summed E-state index contributed by atoms with van der Waals surface area (Å²) in [6.45, 7) is -0.684. The van der Waals surface area contributed by atoms with Crippen molar-refractivity contribution in [3.63, 3.8) is 0 Å². The van der Waals surface area contributed by atoms with Gasteiger partial charge in [0.1, 0.15) is 18.1 Å². The highest BCUT2D eigenvalue weighted by molar-refractivity contribution is 5.92. The summed E-state index contributed by atoms with van der Waals surface area (Å²) in [5, 5.41) is 12.2. The van der Waals surface area contributed by atoms with Gasteiger partial charge in [-0.05, 0) is 18.9 Å². The molecule has 0 radical (unpaired) electrons. The number of aliphatic hydroxyl groups is 1. The zero-order valence-corrected chi connectivity index (χ0v) is 12.2. The Morgan fingerprint density at radius 3 is 2.95 bits per heavy atom. The molecule has 0 aromatic carbocycles. The van der Waals surface area contributed by atoms with Crippen molar-refractivity contribution in [2.45, 2.75) is 38.2 Å². The topological polar surface area (TPSA) is 71.5 Å². The van der Waals surface area contributed by atoms with E-state index in [1.165, 1.54) is 18.3 Å². The number of pyridine rings is 1. The highest BCUT2D eigenvalue weighted by atomic mass is 19.3. The van der Waals surface area contributed by atoms with Crippen LogP contribution in [-0.4, -0.2) is 41.7 Å². The summed E-state index contributed by atoms with van der Waals surface area (Å²) in [6.07, 6.45) is 2.53. The fourth-order valence-electron chi connectivity index (χ4n) is 2.64. The van der Waals surface area contributed by atoms with E-state index in [1.54, 1.807) is 0 Å². The average Bonchev–Trinajstić information content (AvgIpc) is 2.53. The SMILES string of the molecule is O=C(NC1CCCCC1CO)c1cc(OCC(F)F)ccn1. The number of nitrogens with zero attached hydrogens (tertiary/aromatic N) is 1. The lowest BCUT2D eigenvalue weighted by atomic mass is 9.85. The number of hydrogen-bond acceptors (Lipinski definition) is 4. The van der Waals surface area contributed by atoms with Crippen molar-refractivity contribution in [2.24, 2.45) is 5.92 Å². The van der Waals surface area contributed by atoms with Crippen LogP contribution >= 0.6 is 0 Å². The third-order valence-electron chi connectivity index (χ3n) is 3.80. The smallest absolute Gasteiger partial charge is 0.272 e. The van der Waals surface area contributed by atoms with E-state index in [-0.39, 0.29) is 35.9 Å². The van der Waals surface area contributed by atoms with Gasteiger partial charge in [0.15, 0.2) is 0 Å². The number of carbonyl (C=O) groups excluding carboxylic acids is 1.